The van der Waals surface area contributed by atoms with Crippen molar-refractivity contribution in [1.29, 1.82) is 5.26 Å². The smallest absolute Gasteiger partial charge is 0.224 e. The lowest BCUT2D eigenvalue weighted by Gasteiger charge is -2.40. The Balaban J connectivity index is 1.64. The SMILES string of the molecule is Cc1cnn(CCNc2ncc(C#N)c(N[C@@H]3CC[C@H](O)C(C)(C)C3)n2)c1. The first-order valence-corrected chi connectivity index (χ1v) is 9.32. The van der Waals surface area contributed by atoms with Gasteiger partial charge >= 0.3 is 0 Å². The molecule has 0 saturated heterocycles. The van der Waals surface area contributed by atoms with Crippen LogP contribution in [0.1, 0.15) is 44.2 Å². The molecule has 0 radical (unpaired) electrons. The van der Waals surface area contributed by atoms with Crippen molar-refractivity contribution < 1.29 is 5.11 Å². The lowest BCUT2D eigenvalue weighted by atomic mass is 9.73. The molecule has 8 nitrogen and oxygen atoms in total. The van der Waals surface area contributed by atoms with Crippen LogP contribution in [-0.2, 0) is 6.54 Å². The Hall–Kier alpha value is -2.66. The number of nitrogens with zero attached hydrogens (tertiary/aromatic N) is 5. The summed E-state index contributed by atoms with van der Waals surface area (Å²) in [6.07, 6.45) is 7.46. The van der Waals surface area contributed by atoms with Gasteiger partial charge in [0.15, 0.2) is 0 Å². The molecular formula is C19H27N7O. The second-order valence-electron chi connectivity index (χ2n) is 7.90. The summed E-state index contributed by atoms with van der Waals surface area (Å²) in [6, 6.07) is 2.32. The largest absolute Gasteiger partial charge is 0.393 e. The standard InChI is InChI=1S/C19H27N7O/c1-13-10-23-26(12-13)7-6-21-18-22-11-14(9-20)17(25-18)24-15-4-5-16(27)19(2,3)8-15/h10-12,15-16,27H,4-8H2,1-3H3,(H2,21,22,24,25)/t15-,16+/m1/s1. The highest BCUT2D eigenvalue weighted by Gasteiger charge is 2.35. The summed E-state index contributed by atoms with van der Waals surface area (Å²) < 4.78 is 1.86. The molecule has 0 amide bonds. The van der Waals surface area contributed by atoms with E-state index >= 15 is 0 Å². The Labute approximate surface area is 159 Å². The highest BCUT2D eigenvalue weighted by molar-refractivity contribution is 5.54. The summed E-state index contributed by atoms with van der Waals surface area (Å²) in [5.74, 6) is 1.03. The molecule has 1 fully saturated rings. The molecule has 0 bridgehead atoms. The Morgan fingerprint density at radius 2 is 2.19 bits per heavy atom. The summed E-state index contributed by atoms with van der Waals surface area (Å²) in [4.78, 5) is 8.72. The van der Waals surface area contributed by atoms with Crippen LogP contribution in [0.5, 0.6) is 0 Å². The van der Waals surface area contributed by atoms with Gasteiger partial charge in [0.1, 0.15) is 17.5 Å². The number of aliphatic hydroxyl groups is 1. The minimum atomic E-state index is -0.292. The van der Waals surface area contributed by atoms with E-state index in [9.17, 15) is 10.4 Å². The van der Waals surface area contributed by atoms with Gasteiger partial charge in [-0.25, -0.2) is 4.98 Å². The Morgan fingerprint density at radius 1 is 1.37 bits per heavy atom. The second-order valence-corrected chi connectivity index (χ2v) is 7.90. The molecule has 1 aliphatic carbocycles. The van der Waals surface area contributed by atoms with Crippen molar-refractivity contribution in [2.75, 3.05) is 17.2 Å². The second kappa shape index (κ2) is 7.92. The van der Waals surface area contributed by atoms with Gasteiger partial charge in [-0.1, -0.05) is 13.8 Å². The number of hydrogen-bond acceptors (Lipinski definition) is 7. The van der Waals surface area contributed by atoms with E-state index in [1.807, 2.05) is 24.0 Å². The minimum Gasteiger partial charge on any atom is -0.393 e. The highest BCUT2D eigenvalue weighted by atomic mass is 16.3. The molecule has 3 rings (SSSR count). The Morgan fingerprint density at radius 3 is 2.85 bits per heavy atom. The molecule has 3 N–H and O–H groups in total. The zero-order valence-electron chi connectivity index (χ0n) is 16.1. The fourth-order valence-electron chi connectivity index (χ4n) is 3.47. The van der Waals surface area contributed by atoms with Gasteiger partial charge in [-0.2, -0.15) is 15.3 Å². The van der Waals surface area contributed by atoms with Gasteiger partial charge in [0.25, 0.3) is 0 Å². The monoisotopic (exact) mass is 369 g/mol. The molecular weight excluding hydrogens is 342 g/mol. The van der Waals surface area contributed by atoms with E-state index < -0.39 is 0 Å². The number of aliphatic hydroxyl groups excluding tert-OH is 1. The first kappa shape index (κ1) is 19.1. The Kier molecular flexibility index (Phi) is 5.61. The van der Waals surface area contributed by atoms with Crippen molar-refractivity contribution in [3.05, 3.63) is 29.7 Å². The number of hydrogen-bond donors (Lipinski definition) is 3. The molecule has 8 heteroatoms. The molecule has 1 saturated carbocycles. The quantitative estimate of drug-likeness (QED) is 0.716. The van der Waals surface area contributed by atoms with Crippen LogP contribution in [0.3, 0.4) is 0 Å². The predicted octanol–water partition coefficient (Wildman–Crippen LogP) is 2.32. The zero-order chi connectivity index (χ0) is 19.4. The molecule has 0 aliphatic heterocycles. The van der Waals surface area contributed by atoms with E-state index in [1.165, 1.54) is 0 Å². The number of aryl methyl sites for hydroxylation is 1. The molecule has 0 unspecified atom stereocenters. The van der Waals surface area contributed by atoms with Crippen molar-refractivity contribution in [3.8, 4) is 6.07 Å². The van der Waals surface area contributed by atoms with E-state index in [-0.39, 0.29) is 17.6 Å². The summed E-state index contributed by atoms with van der Waals surface area (Å²) in [6.45, 7) is 7.48. The van der Waals surface area contributed by atoms with Gasteiger partial charge in [0, 0.05) is 18.8 Å². The van der Waals surface area contributed by atoms with E-state index in [4.69, 9.17) is 0 Å². The molecule has 2 aromatic rings. The Bertz CT molecular complexity index is 824. The van der Waals surface area contributed by atoms with Crippen molar-refractivity contribution >= 4 is 11.8 Å². The van der Waals surface area contributed by atoms with Crippen LogP contribution < -0.4 is 10.6 Å². The molecule has 144 valence electrons. The van der Waals surface area contributed by atoms with Crippen LogP contribution in [0, 0.1) is 23.7 Å². The van der Waals surface area contributed by atoms with E-state index in [2.05, 4.69) is 45.6 Å². The molecule has 0 spiro atoms. The average Bonchev–Trinajstić information content (AvgIpc) is 3.03. The van der Waals surface area contributed by atoms with Crippen LogP contribution in [0.2, 0.25) is 0 Å². The number of nitriles is 1. The van der Waals surface area contributed by atoms with Crippen molar-refractivity contribution in [2.24, 2.45) is 5.41 Å². The van der Waals surface area contributed by atoms with E-state index in [0.717, 1.165) is 24.8 Å². The van der Waals surface area contributed by atoms with Crippen molar-refractivity contribution in [3.63, 3.8) is 0 Å². The third-order valence-electron chi connectivity index (χ3n) is 5.10. The molecule has 2 aromatic heterocycles. The fraction of sp³-hybridized carbons (Fsp3) is 0.579. The van der Waals surface area contributed by atoms with Crippen molar-refractivity contribution in [1.82, 2.24) is 19.7 Å². The van der Waals surface area contributed by atoms with Gasteiger partial charge < -0.3 is 15.7 Å². The highest BCUT2D eigenvalue weighted by Crippen LogP contribution is 2.36. The maximum atomic E-state index is 10.1. The van der Waals surface area contributed by atoms with Crippen LogP contribution in [0.25, 0.3) is 0 Å². The molecule has 27 heavy (non-hydrogen) atoms. The normalized spacial score (nSPS) is 21.4. The predicted molar refractivity (Wildman–Crippen MR) is 103 cm³/mol. The van der Waals surface area contributed by atoms with Crippen LogP contribution in [0.15, 0.2) is 18.6 Å². The average molecular weight is 369 g/mol. The summed E-state index contributed by atoms with van der Waals surface area (Å²) in [5.41, 5.74) is 1.39. The van der Waals surface area contributed by atoms with Gasteiger partial charge in [-0.05, 0) is 37.2 Å². The van der Waals surface area contributed by atoms with Crippen LogP contribution in [-0.4, -0.2) is 43.5 Å². The first-order chi connectivity index (χ1) is 12.9. The topological polar surface area (TPSA) is 112 Å². The van der Waals surface area contributed by atoms with E-state index in [1.54, 1.807) is 6.20 Å². The van der Waals surface area contributed by atoms with Crippen LogP contribution >= 0.6 is 0 Å². The third-order valence-corrected chi connectivity index (χ3v) is 5.10. The molecule has 2 atom stereocenters. The van der Waals surface area contributed by atoms with Gasteiger partial charge in [-0.3, -0.25) is 4.68 Å². The summed E-state index contributed by atoms with van der Waals surface area (Å²) >= 11 is 0. The third kappa shape index (κ3) is 4.74. The zero-order valence-corrected chi connectivity index (χ0v) is 16.1. The number of aromatic nitrogens is 4. The lowest BCUT2D eigenvalue weighted by Crippen LogP contribution is -2.41. The fourth-order valence-corrected chi connectivity index (χ4v) is 3.47. The number of anilines is 2. The maximum absolute atomic E-state index is 10.1. The summed E-state index contributed by atoms with van der Waals surface area (Å²) in [5, 5.41) is 30.3. The maximum Gasteiger partial charge on any atom is 0.224 e. The minimum absolute atomic E-state index is 0.154. The van der Waals surface area contributed by atoms with E-state index in [0.29, 0.717) is 30.4 Å². The molecule has 1 aliphatic rings. The first-order valence-electron chi connectivity index (χ1n) is 9.32. The number of nitrogens with one attached hydrogen (secondary N) is 2. The molecule has 0 aromatic carbocycles. The number of rotatable bonds is 6. The van der Waals surface area contributed by atoms with Gasteiger partial charge in [0.2, 0.25) is 5.95 Å². The summed E-state index contributed by atoms with van der Waals surface area (Å²) in [7, 11) is 0. The van der Waals surface area contributed by atoms with Gasteiger partial charge in [0.05, 0.1) is 25.0 Å². The van der Waals surface area contributed by atoms with Gasteiger partial charge in [-0.15, -0.1) is 0 Å². The molecule has 2 heterocycles. The van der Waals surface area contributed by atoms with Crippen LogP contribution in [0.4, 0.5) is 11.8 Å². The lowest BCUT2D eigenvalue weighted by molar-refractivity contribution is 0.00926. The van der Waals surface area contributed by atoms with Crippen molar-refractivity contribution in [2.45, 2.75) is 58.7 Å².